The van der Waals surface area contributed by atoms with E-state index in [2.05, 4.69) is 81.5 Å². The second-order valence-electron chi connectivity index (χ2n) is 12.1. The summed E-state index contributed by atoms with van der Waals surface area (Å²) < 4.78 is 0. The van der Waals surface area contributed by atoms with Gasteiger partial charge in [-0.1, -0.05) is 145 Å². The highest BCUT2D eigenvalue weighted by molar-refractivity contribution is 4.93. The van der Waals surface area contributed by atoms with E-state index in [1.807, 2.05) is 0 Å². The van der Waals surface area contributed by atoms with Crippen LogP contribution in [0.5, 0.6) is 0 Å². The van der Waals surface area contributed by atoms with E-state index in [0.29, 0.717) is 6.04 Å². The summed E-state index contributed by atoms with van der Waals surface area (Å²) in [6.45, 7) is 6.48. The number of allylic oxidation sites excluding steroid dienone is 10. The quantitative estimate of drug-likeness (QED) is 0.0694. The van der Waals surface area contributed by atoms with Crippen molar-refractivity contribution >= 4 is 0 Å². The Balaban J connectivity index is 3.88. The van der Waals surface area contributed by atoms with Crippen LogP contribution in [-0.4, -0.2) is 6.04 Å². The first kappa shape index (κ1) is 38.7. The third-order valence-electron chi connectivity index (χ3n) is 7.84. The summed E-state index contributed by atoms with van der Waals surface area (Å²) in [5.74, 6) is 0.779. The average Bonchev–Trinajstić information content (AvgIpc) is 2.95. The van der Waals surface area contributed by atoms with E-state index in [1.54, 1.807) is 0 Å². The minimum Gasteiger partial charge on any atom is -0.328 e. The van der Waals surface area contributed by atoms with Crippen molar-refractivity contribution in [2.24, 2.45) is 11.7 Å². The summed E-state index contributed by atoms with van der Waals surface area (Å²) in [4.78, 5) is 0. The molecule has 0 fully saturated rings. The fraction of sp³-hybridized carbons (Fsp3) is 0.744. The minimum absolute atomic E-state index is 0.319. The van der Waals surface area contributed by atoms with E-state index in [1.165, 1.54) is 128 Å². The number of nitrogens with two attached hydrogens (primary N) is 1. The molecule has 0 radical (unpaired) electrons. The number of hydrogen-bond donors (Lipinski definition) is 1. The predicted molar refractivity (Wildman–Crippen MR) is 185 cm³/mol. The summed E-state index contributed by atoms with van der Waals surface area (Å²) in [6, 6.07) is 0.319. The summed E-state index contributed by atoms with van der Waals surface area (Å²) in [7, 11) is 0. The zero-order chi connectivity index (χ0) is 29.2. The molecule has 232 valence electrons. The van der Waals surface area contributed by atoms with Gasteiger partial charge in [-0.15, -0.1) is 0 Å². The van der Waals surface area contributed by atoms with Gasteiger partial charge in [-0.05, 0) is 96.8 Å². The van der Waals surface area contributed by atoms with Crippen LogP contribution in [0.25, 0.3) is 0 Å². The summed E-state index contributed by atoms with van der Waals surface area (Å²) in [6.07, 6.45) is 55.1. The van der Waals surface area contributed by atoms with E-state index < -0.39 is 0 Å². The maximum absolute atomic E-state index is 5.95. The van der Waals surface area contributed by atoms with E-state index >= 15 is 0 Å². The summed E-state index contributed by atoms with van der Waals surface area (Å²) in [5, 5.41) is 0. The van der Waals surface area contributed by atoms with Gasteiger partial charge in [-0.25, -0.2) is 0 Å². The average molecular weight is 554 g/mol. The van der Waals surface area contributed by atoms with Gasteiger partial charge in [0.15, 0.2) is 0 Å². The van der Waals surface area contributed by atoms with Gasteiger partial charge in [0.2, 0.25) is 0 Å². The molecule has 0 rings (SSSR count). The van der Waals surface area contributed by atoms with Crippen LogP contribution in [0.1, 0.15) is 175 Å². The molecule has 2 N–H and O–H groups in total. The van der Waals surface area contributed by atoms with E-state index in [-0.39, 0.29) is 0 Å². The lowest BCUT2D eigenvalue weighted by molar-refractivity contribution is 0.463. The Morgan fingerprint density at radius 1 is 0.475 bits per heavy atom. The van der Waals surface area contributed by atoms with E-state index in [9.17, 15) is 0 Å². The Morgan fingerprint density at radius 2 is 0.925 bits per heavy atom. The highest BCUT2D eigenvalue weighted by Crippen LogP contribution is 2.21. The van der Waals surface area contributed by atoms with Crippen molar-refractivity contribution in [3.8, 4) is 0 Å². The number of unbranched alkanes of at least 4 members (excludes halogenated alkanes) is 15. The third kappa shape index (κ3) is 32.9. The molecule has 0 saturated carbocycles. The van der Waals surface area contributed by atoms with Crippen molar-refractivity contribution in [3.63, 3.8) is 0 Å². The maximum atomic E-state index is 5.95. The third-order valence-corrected chi connectivity index (χ3v) is 7.84. The zero-order valence-corrected chi connectivity index (χ0v) is 27.5. The molecule has 0 aliphatic carbocycles. The molecule has 0 heterocycles. The van der Waals surface area contributed by atoms with Gasteiger partial charge in [0, 0.05) is 6.04 Å². The van der Waals surface area contributed by atoms with Crippen molar-refractivity contribution in [2.45, 2.75) is 181 Å². The van der Waals surface area contributed by atoms with Gasteiger partial charge in [0.1, 0.15) is 0 Å². The SMILES string of the molecule is CC=CCC=CCCCCCCCCC(C=CCCC(C)N)CCCCCCCC/C=C\C/C=C\CCCCC. The molecular weight excluding hydrogens is 482 g/mol. The highest BCUT2D eigenvalue weighted by Gasteiger charge is 2.05. The Kier molecular flexibility index (Phi) is 32.7. The maximum Gasteiger partial charge on any atom is 0.00134 e. The first-order chi connectivity index (χ1) is 19.7. The Bertz CT molecular complexity index is 621. The van der Waals surface area contributed by atoms with Crippen LogP contribution in [0.15, 0.2) is 60.8 Å². The second kappa shape index (κ2) is 33.9. The molecule has 40 heavy (non-hydrogen) atoms. The normalized spacial score (nSPS) is 14.2. The standard InChI is InChI=1S/C39H71N/c1-4-6-8-10-12-14-16-18-19-20-21-23-25-27-29-31-36-39(37-33-32-34-38(3)40)35-30-28-26-24-22-17-15-13-11-9-7-5-2/h5,7,11-14,18-19,33,37-39H,4,6,8-10,15-17,20-32,34-36,40H2,1-3H3/b7-5?,13-11?,14-12-,19-18-,37-33?. The molecule has 0 aliphatic heterocycles. The van der Waals surface area contributed by atoms with Crippen molar-refractivity contribution < 1.29 is 0 Å². The van der Waals surface area contributed by atoms with E-state index in [4.69, 9.17) is 5.73 Å². The van der Waals surface area contributed by atoms with Gasteiger partial charge < -0.3 is 5.73 Å². The molecule has 0 spiro atoms. The van der Waals surface area contributed by atoms with Gasteiger partial charge >= 0.3 is 0 Å². The van der Waals surface area contributed by atoms with Crippen LogP contribution in [0, 0.1) is 5.92 Å². The molecule has 0 saturated heterocycles. The topological polar surface area (TPSA) is 26.0 Å². The Hall–Kier alpha value is -1.34. The molecule has 0 aromatic rings. The highest BCUT2D eigenvalue weighted by atomic mass is 14.6. The molecule has 1 nitrogen and oxygen atoms in total. The molecule has 0 aromatic carbocycles. The molecule has 2 unspecified atom stereocenters. The molecule has 0 aromatic heterocycles. The van der Waals surface area contributed by atoms with Gasteiger partial charge in [0.05, 0.1) is 0 Å². The van der Waals surface area contributed by atoms with Crippen molar-refractivity contribution in [1.29, 1.82) is 0 Å². The monoisotopic (exact) mass is 554 g/mol. The fourth-order valence-corrected chi connectivity index (χ4v) is 5.18. The van der Waals surface area contributed by atoms with Gasteiger partial charge in [-0.2, -0.15) is 0 Å². The Labute approximate surface area is 252 Å². The lowest BCUT2D eigenvalue weighted by Crippen LogP contribution is -2.13. The Morgan fingerprint density at radius 3 is 1.40 bits per heavy atom. The lowest BCUT2D eigenvalue weighted by atomic mass is 9.93. The van der Waals surface area contributed by atoms with Crippen LogP contribution in [-0.2, 0) is 0 Å². The zero-order valence-electron chi connectivity index (χ0n) is 27.5. The molecule has 2 atom stereocenters. The van der Waals surface area contributed by atoms with Gasteiger partial charge in [0.25, 0.3) is 0 Å². The smallest absolute Gasteiger partial charge is 0.00134 e. The largest absolute Gasteiger partial charge is 0.328 e. The van der Waals surface area contributed by atoms with Crippen LogP contribution in [0.2, 0.25) is 0 Å². The van der Waals surface area contributed by atoms with Crippen molar-refractivity contribution in [3.05, 3.63) is 60.8 Å². The fourth-order valence-electron chi connectivity index (χ4n) is 5.18. The second-order valence-corrected chi connectivity index (χ2v) is 12.1. The molecule has 1 heteroatoms. The molecule has 0 amide bonds. The molecule has 0 aliphatic rings. The van der Waals surface area contributed by atoms with Crippen LogP contribution < -0.4 is 5.73 Å². The molecular formula is C39H71N. The molecule has 0 bridgehead atoms. The van der Waals surface area contributed by atoms with Crippen molar-refractivity contribution in [2.75, 3.05) is 0 Å². The summed E-state index contributed by atoms with van der Waals surface area (Å²) >= 11 is 0. The van der Waals surface area contributed by atoms with Crippen molar-refractivity contribution in [1.82, 2.24) is 0 Å². The first-order valence-electron chi connectivity index (χ1n) is 17.7. The van der Waals surface area contributed by atoms with Crippen LogP contribution >= 0.6 is 0 Å². The number of hydrogen-bond acceptors (Lipinski definition) is 1. The van der Waals surface area contributed by atoms with Gasteiger partial charge in [-0.3, -0.25) is 0 Å². The van der Waals surface area contributed by atoms with Crippen LogP contribution in [0.3, 0.4) is 0 Å². The first-order valence-corrected chi connectivity index (χ1v) is 17.7. The summed E-state index contributed by atoms with van der Waals surface area (Å²) in [5.41, 5.74) is 5.95. The minimum atomic E-state index is 0.319. The number of rotatable bonds is 30. The van der Waals surface area contributed by atoms with E-state index in [0.717, 1.165) is 31.6 Å². The van der Waals surface area contributed by atoms with Crippen LogP contribution in [0.4, 0.5) is 0 Å². The predicted octanol–water partition coefficient (Wildman–Crippen LogP) is 13.1. The lowest BCUT2D eigenvalue weighted by Gasteiger charge is -2.13.